The molecule has 0 aliphatic carbocycles. The number of hydrogen-bond donors (Lipinski definition) is 3. The highest BCUT2D eigenvalue weighted by molar-refractivity contribution is 5.97. The van der Waals surface area contributed by atoms with Crippen LogP contribution in [0, 0.1) is 5.92 Å². The topological polar surface area (TPSA) is 105 Å². The second-order valence-corrected chi connectivity index (χ2v) is 5.26. The molecule has 118 valence electrons. The Labute approximate surface area is 128 Å². The molecule has 1 aliphatic rings. The Morgan fingerprint density at radius 1 is 1.27 bits per heavy atom. The summed E-state index contributed by atoms with van der Waals surface area (Å²) in [4.78, 5) is 37.1. The molecule has 0 spiro atoms. The number of hydrogen-bond acceptors (Lipinski definition) is 4. The van der Waals surface area contributed by atoms with E-state index in [0.29, 0.717) is 19.5 Å². The molecule has 7 nitrogen and oxygen atoms in total. The first kappa shape index (κ1) is 16.0. The Hall–Kier alpha value is -2.41. The molecule has 7 heteroatoms. The summed E-state index contributed by atoms with van der Waals surface area (Å²) in [7, 11) is 1.44. The number of rotatable bonds is 4. The van der Waals surface area contributed by atoms with Crippen LogP contribution < -0.4 is 16.4 Å². The van der Waals surface area contributed by atoms with Crippen LogP contribution >= 0.6 is 0 Å². The van der Waals surface area contributed by atoms with Gasteiger partial charge in [0.05, 0.1) is 5.92 Å². The Balaban J connectivity index is 2.21. The van der Waals surface area contributed by atoms with Gasteiger partial charge in [0, 0.05) is 20.1 Å². The smallest absolute Gasteiger partial charge is 0.321 e. The van der Waals surface area contributed by atoms with Gasteiger partial charge in [0.1, 0.15) is 6.04 Å². The van der Waals surface area contributed by atoms with Crippen LogP contribution in [0.15, 0.2) is 30.3 Å². The van der Waals surface area contributed by atoms with Crippen molar-refractivity contribution in [3.63, 3.8) is 0 Å². The first-order valence-corrected chi connectivity index (χ1v) is 7.13. The van der Waals surface area contributed by atoms with Gasteiger partial charge in [-0.15, -0.1) is 0 Å². The van der Waals surface area contributed by atoms with Crippen LogP contribution in [-0.2, 0) is 9.59 Å². The highest BCUT2D eigenvalue weighted by Crippen LogP contribution is 2.27. The lowest BCUT2D eigenvalue weighted by molar-refractivity contribution is -0.126. The van der Waals surface area contributed by atoms with Crippen molar-refractivity contribution in [1.29, 1.82) is 0 Å². The summed E-state index contributed by atoms with van der Waals surface area (Å²) in [5.41, 5.74) is 6.12. The lowest BCUT2D eigenvalue weighted by Crippen LogP contribution is -2.45. The average molecular weight is 304 g/mol. The van der Waals surface area contributed by atoms with E-state index < -0.39 is 18.0 Å². The molecule has 1 aromatic rings. The molecule has 4 amide bonds. The summed E-state index contributed by atoms with van der Waals surface area (Å²) in [6, 6.07) is 7.98. The van der Waals surface area contributed by atoms with Gasteiger partial charge in [-0.25, -0.2) is 4.79 Å². The van der Waals surface area contributed by atoms with Gasteiger partial charge >= 0.3 is 6.03 Å². The second-order valence-electron chi connectivity index (χ2n) is 5.26. The van der Waals surface area contributed by atoms with Crippen molar-refractivity contribution in [2.24, 2.45) is 11.7 Å². The second kappa shape index (κ2) is 7.04. The van der Waals surface area contributed by atoms with Gasteiger partial charge in [-0.2, -0.15) is 0 Å². The van der Waals surface area contributed by atoms with Crippen LogP contribution in [0.2, 0.25) is 0 Å². The van der Waals surface area contributed by atoms with Gasteiger partial charge in [0.25, 0.3) is 0 Å². The van der Waals surface area contributed by atoms with Gasteiger partial charge in [-0.1, -0.05) is 30.3 Å². The molecule has 2 atom stereocenters. The maximum atomic E-state index is 12.4. The van der Waals surface area contributed by atoms with Crippen molar-refractivity contribution < 1.29 is 14.4 Å². The Kier molecular flexibility index (Phi) is 5.11. The van der Waals surface area contributed by atoms with Crippen molar-refractivity contribution in [3.8, 4) is 0 Å². The zero-order valence-electron chi connectivity index (χ0n) is 12.4. The molecule has 0 unspecified atom stereocenters. The monoisotopic (exact) mass is 304 g/mol. The standard InChI is InChI=1S/C15H20N4O3/c1-17-15(22)18-14(21)12(10-5-3-2-4-6-10)19-8-7-11(9-19)13(16)20/h2-6,11-12H,7-9H2,1H3,(H2,16,20)(H2,17,18,21,22)/t11-,12+/m0/s1. The van der Waals surface area contributed by atoms with Gasteiger partial charge in [-0.3, -0.25) is 19.8 Å². The molecule has 1 heterocycles. The van der Waals surface area contributed by atoms with E-state index in [2.05, 4.69) is 10.6 Å². The van der Waals surface area contributed by atoms with Crippen LogP contribution in [0.4, 0.5) is 4.79 Å². The molecule has 22 heavy (non-hydrogen) atoms. The lowest BCUT2D eigenvalue weighted by atomic mass is 10.0. The first-order valence-electron chi connectivity index (χ1n) is 7.13. The predicted octanol–water partition coefficient (Wildman–Crippen LogP) is -0.00950. The zero-order chi connectivity index (χ0) is 16.1. The number of carbonyl (C=O) groups excluding carboxylic acids is 3. The zero-order valence-corrected chi connectivity index (χ0v) is 12.4. The summed E-state index contributed by atoms with van der Waals surface area (Å²) in [5, 5.41) is 4.66. The molecular weight excluding hydrogens is 284 g/mol. The van der Waals surface area contributed by atoms with Crippen LogP contribution in [0.25, 0.3) is 0 Å². The van der Waals surface area contributed by atoms with E-state index in [9.17, 15) is 14.4 Å². The number of carbonyl (C=O) groups is 3. The van der Waals surface area contributed by atoms with Crippen molar-refractivity contribution >= 4 is 17.8 Å². The first-order chi connectivity index (χ1) is 10.5. The van der Waals surface area contributed by atoms with E-state index in [4.69, 9.17) is 5.73 Å². The SMILES string of the molecule is CNC(=O)NC(=O)[C@@H](c1ccccc1)N1CC[C@H](C(N)=O)C1. The number of likely N-dealkylation sites (tertiary alicyclic amines) is 1. The van der Waals surface area contributed by atoms with E-state index in [-0.39, 0.29) is 11.8 Å². The fourth-order valence-corrected chi connectivity index (χ4v) is 2.66. The molecule has 1 aromatic carbocycles. The fourth-order valence-electron chi connectivity index (χ4n) is 2.66. The number of imide groups is 1. The molecule has 0 saturated carbocycles. The number of amides is 4. The maximum Gasteiger partial charge on any atom is 0.321 e. The number of primary amides is 1. The minimum atomic E-state index is -0.622. The third-order valence-corrected chi connectivity index (χ3v) is 3.81. The molecule has 2 rings (SSSR count). The maximum absolute atomic E-state index is 12.4. The molecule has 1 aliphatic heterocycles. The summed E-state index contributed by atoms with van der Waals surface area (Å²) < 4.78 is 0. The Morgan fingerprint density at radius 3 is 2.50 bits per heavy atom. The fraction of sp³-hybridized carbons (Fsp3) is 0.400. The minimum absolute atomic E-state index is 0.265. The molecule has 0 bridgehead atoms. The molecule has 0 aromatic heterocycles. The van der Waals surface area contributed by atoms with Gasteiger partial charge in [0.2, 0.25) is 11.8 Å². The van der Waals surface area contributed by atoms with Crippen LogP contribution in [0.5, 0.6) is 0 Å². The van der Waals surface area contributed by atoms with Crippen molar-refractivity contribution in [3.05, 3.63) is 35.9 Å². The number of benzene rings is 1. The van der Waals surface area contributed by atoms with E-state index in [1.165, 1.54) is 7.05 Å². The predicted molar refractivity (Wildman–Crippen MR) is 80.7 cm³/mol. The summed E-state index contributed by atoms with van der Waals surface area (Å²) in [6.45, 7) is 0.990. The van der Waals surface area contributed by atoms with Gasteiger partial charge < -0.3 is 11.1 Å². The largest absolute Gasteiger partial charge is 0.369 e. The van der Waals surface area contributed by atoms with Crippen molar-refractivity contribution in [2.45, 2.75) is 12.5 Å². The number of nitrogens with one attached hydrogen (secondary N) is 2. The third kappa shape index (κ3) is 3.62. The Bertz CT molecular complexity index is 561. The summed E-state index contributed by atoms with van der Waals surface area (Å²) in [6.07, 6.45) is 0.617. The highest BCUT2D eigenvalue weighted by atomic mass is 16.2. The van der Waals surface area contributed by atoms with Crippen LogP contribution in [0.3, 0.4) is 0 Å². The molecule has 1 fully saturated rings. The van der Waals surface area contributed by atoms with E-state index in [1.54, 1.807) is 0 Å². The number of urea groups is 1. The van der Waals surface area contributed by atoms with Crippen LogP contribution in [0.1, 0.15) is 18.0 Å². The van der Waals surface area contributed by atoms with E-state index >= 15 is 0 Å². The molecule has 4 N–H and O–H groups in total. The van der Waals surface area contributed by atoms with Crippen molar-refractivity contribution in [1.82, 2.24) is 15.5 Å². The minimum Gasteiger partial charge on any atom is -0.369 e. The number of nitrogens with two attached hydrogens (primary N) is 1. The van der Waals surface area contributed by atoms with E-state index in [1.807, 2.05) is 35.2 Å². The lowest BCUT2D eigenvalue weighted by Gasteiger charge is -2.26. The van der Waals surface area contributed by atoms with Gasteiger partial charge in [0.15, 0.2) is 0 Å². The normalized spacial score (nSPS) is 19.4. The summed E-state index contributed by atoms with van der Waals surface area (Å²) >= 11 is 0. The quantitative estimate of drug-likeness (QED) is 0.727. The average Bonchev–Trinajstić information content (AvgIpc) is 2.98. The molecular formula is C15H20N4O3. The third-order valence-electron chi connectivity index (χ3n) is 3.81. The van der Waals surface area contributed by atoms with E-state index in [0.717, 1.165) is 5.56 Å². The molecule has 1 saturated heterocycles. The van der Waals surface area contributed by atoms with Crippen LogP contribution in [-0.4, -0.2) is 42.9 Å². The number of nitrogens with zero attached hydrogens (tertiary/aromatic N) is 1. The van der Waals surface area contributed by atoms with Crippen molar-refractivity contribution in [2.75, 3.05) is 20.1 Å². The molecule has 0 radical (unpaired) electrons. The van der Waals surface area contributed by atoms with Gasteiger partial charge in [-0.05, 0) is 12.0 Å². The Morgan fingerprint density at radius 2 is 1.95 bits per heavy atom. The summed E-state index contributed by atoms with van der Waals surface area (Å²) in [5.74, 6) is -1.05. The highest BCUT2D eigenvalue weighted by Gasteiger charge is 2.35.